The molecule has 5 heteroatoms. The molecule has 0 unspecified atom stereocenters. The number of aliphatic hydroxyl groups is 1. The van der Waals surface area contributed by atoms with E-state index in [0.29, 0.717) is 25.1 Å². The van der Waals surface area contributed by atoms with Gasteiger partial charge in [-0.2, -0.15) is 0 Å². The predicted octanol–water partition coefficient (Wildman–Crippen LogP) is 2.26. The molecule has 4 rings (SSSR count). The average molecular weight is 324 g/mol. The fraction of sp³-hybridized carbons (Fsp3) is 0.368. The molecular weight excluding hydrogens is 304 g/mol. The number of amides is 1. The van der Waals surface area contributed by atoms with Crippen LogP contribution in [0.5, 0.6) is 5.75 Å². The molecule has 5 nitrogen and oxygen atoms in total. The van der Waals surface area contributed by atoms with E-state index in [2.05, 4.69) is 16.4 Å². The van der Waals surface area contributed by atoms with Gasteiger partial charge in [-0.25, -0.2) is 0 Å². The number of aliphatic hydroxyl groups excluding tert-OH is 1. The molecular formula is C19H20N2O3. The van der Waals surface area contributed by atoms with Crippen molar-refractivity contribution in [2.45, 2.75) is 31.4 Å². The number of ether oxygens (including phenoxy) is 1. The average Bonchev–Trinajstić information content (AvgIpc) is 3.05. The minimum Gasteiger partial charge on any atom is -0.493 e. The van der Waals surface area contributed by atoms with Crippen molar-refractivity contribution in [2.75, 3.05) is 6.61 Å². The van der Waals surface area contributed by atoms with Crippen LogP contribution in [0.25, 0.3) is 0 Å². The third-order valence-corrected chi connectivity index (χ3v) is 4.88. The molecule has 124 valence electrons. The Morgan fingerprint density at radius 2 is 2.17 bits per heavy atom. The maximum atomic E-state index is 12.5. The first-order chi connectivity index (χ1) is 11.7. The highest BCUT2D eigenvalue weighted by Gasteiger charge is 2.36. The Kier molecular flexibility index (Phi) is 3.94. The first-order valence-electron chi connectivity index (χ1n) is 8.36. The second-order valence-electron chi connectivity index (χ2n) is 6.52. The van der Waals surface area contributed by atoms with E-state index >= 15 is 0 Å². The number of carbonyl (C=O) groups is 1. The first-order valence-corrected chi connectivity index (χ1v) is 8.36. The fourth-order valence-electron chi connectivity index (χ4n) is 3.49. The van der Waals surface area contributed by atoms with Gasteiger partial charge in [0.15, 0.2) is 0 Å². The topological polar surface area (TPSA) is 71.5 Å². The molecule has 1 aliphatic heterocycles. The van der Waals surface area contributed by atoms with Gasteiger partial charge in [0.2, 0.25) is 0 Å². The summed E-state index contributed by atoms with van der Waals surface area (Å²) in [6, 6.07) is 11.3. The summed E-state index contributed by atoms with van der Waals surface area (Å²) in [7, 11) is 0. The van der Waals surface area contributed by atoms with Crippen LogP contribution in [0.2, 0.25) is 0 Å². The van der Waals surface area contributed by atoms with Gasteiger partial charge in [-0.1, -0.05) is 12.1 Å². The van der Waals surface area contributed by atoms with Gasteiger partial charge in [0.05, 0.1) is 18.8 Å². The second kappa shape index (κ2) is 6.24. The molecule has 2 N–H and O–H groups in total. The SMILES string of the molecule is O=C(N[C@@H](c1ccc2c(c1)CCO2)C1CC(O)C1)c1ccccn1. The largest absolute Gasteiger partial charge is 0.493 e. The van der Waals surface area contributed by atoms with Gasteiger partial charge >= 0.3 is 0 Å². The molecule has 0 spiro atoms. The Bertz CT molecular complexity index is 742. The van der Waals surface area contributed by atoms with Crippen LogP contribution in [0.1, 0.15) is 40.5 Å². The lowest BCUT2D eigenvalue weighted by Crippen LogP contribution is -2.41. The maximum absolute atomic E-state index is 12.5. The van der Waals surface area contributed by atoms with Crippen molar-refractivity contribution in [2.24, 2.45) is 5.92 Å². The minimum atomic E-state index is -0.262. The van der Waals surface area contributed by atoms with Crippen molar-refractivity contribution in [1.82, 2.24) is 10.3 Å². The van der Waals surface area contributed by atoms with Gasteiger partial charge in [0.1, 0.15) is 11.4 Å². The summed E-state index contributed by atoms with van der Waals surface area (Å²) < 4.78 is 5.56. The summed E-state index contributed by atoms with van der Waals surface area (Å²) >= 11 is 0. The summed E-state index contributed by atoms with van der Waals surface area (Å²) in [6.45, 7) is 0.714. The number of hydrogen-bond donors (Lipinski definition) is 2. The van der Waals surface area contributed by atoms with E-state index in [-0.39, 0.29) is 24.0 Å². The lowest BCUT2D eigenvalue weighted by atomic mass is 9.74. The smallest absolute Gasteiger partial charge is 0.270 e. The van der Waals surface area contributed by atoms with Crippen LogP contribution >= 0.6 is 0 Å². The van der Waals surface area contributed by atoms with Crippen LogP contribution in [0.3, 0.4) is 0 Å². The van der Waals surface area contributed by atoms with Crippen molar-refractivity contribution in [3.05, 3.63) is 59.4 Å². The number of pyridine rings is 1. The highest BCUT2D eigenvalue weighted by Crippen LogP contribution is 2.39. The lowest BCUT2D eigenvalue weighted by molar-refractivity contribution is 0.0234. The van der Waals surface area contributed by atoms with E-state index in [9.17, 15) is 9.90 Å². The number of nitrogens with one attached hydrogen (secondary N) is 1. The number of hydrogen-bond acceptors (Lipinski definition) is 4. The molecule has 2 aliphatic rings. The van der Waals surface area contributed by atoms with Crippen LogP contribution in [0, 0.1) is 5.92 Å². The molecule has 24 heavy (non-hydrogen) atoms. The van der Waals surface area contributed by atoms with Gasteiger partial charge in [-0.05, 0) is 54.2 Å². The van der Waals surface area contributed by atoms with Crippen molar-refractivity contribution in [3.8, 4) is 5.75 Å². The molecule has 2 heterocycles. The molecule has 2 aromatic rings. The fourth-order valence-corrected chi connectivity index (χ4v) is 3.49. The maximum Gasteiger partial charge on any atom is 0.270 e. The van der Waals surface area contributed by atoms with Crippen LogP contribution in [0.15, 0.2) is 42.6 Å². The standard InChI is InChI=1S/C19H20N2O3/c22-15-10-14(11-15)18(21-19(23)16-3-1-2-7-20-16)13-4-5-17-12(9-13)6-8-24-17/h1-5,7,9,14-15,18,22H,6,8,10-11H2,(H,21,23)/t14?,15?,18-/m0/s1. The van der Waals surface area contributed by atoms with Crippen molar-refractivity contribution < 1.29 is 14.6 Å². The number of fused-ring (bicyclic) bond motifs is 1. The quantitative estimate of drug-likeness (QED) is 0.905. The molecule has 1 fully saturated rings. The number of rotatable bonds is 4. The minimum absolute atomic E-state index is 0.117. The van der Waals surface area contributed by atoms with E-state index in [1.807, 2.05) is 12.1 Å². The van der Waals surface area contributed by atoms with Gasteiger partial charge in [0, 0.05) is 12.6 Å². The first kappa shape index (κ1) is 15.1. The third-order valence-electron chi connectivity index (χ3n) is 4.88. The Labute approximate surface area is 140 Å². The Morgan fingerprint density at radius 3 is 2.92 bits per heavy atom. The summed E-state index contributed by atoms with van der Waals surface area (Å²) in [5.41, 5.74) is 2.66. The second-order valence-corrected chi connectivity index (χ2v) is 6.52. The zero-order valence-electron chi connectivity index (χ0n) is 13.3. The highest BCUT2D eigenvalue weighted by molar-refractivity contribution is 5.92. The molecule has 1 atom stereocenters. The summed E-state index contributed by atoms with van der Waals surface area (Å²) in [4.78, 5) is 16.6. The Hall–Kier alpha value is -2.40. The van der Waals surface area contributed by atoms with Gasteiger partial charge in [0.25, 0.3) is 5.91 Å². The molecule has 1 aromatic carbocycles. The van der Waals surface area contributed by atoms with Crippen molar-refractivity contribution in [1.29, 1.82) is 0 Å². The number of benzene rings is 1. The summed E-state index contributed by atoms with van der Waals surface area (Å²) in [6.07, 6.45) is 3.67. The van der Waals surface area contributed by atoms with E-state index < -0.39 is 0 Å². The van der Waals surface area contributed by atoms with Gasteiger partial charge < -0.3 is 15.2 Å². The molecule has 1 aliphatic carbocycles. The monoisotopic (exact) mass is 324 g/mol. The number of aromatic nitrogens is 1. The zero-order valence-corrected chi connectivity index (χ0v) is 13.3. The predicted molar refractivity (Wildman–Crippen MR) is 88.8 cm³/mol. The Morgan fingerprint density at radius 1 is 1.29 bits per heavy atom. The van der Waals surface area contributed by atoms with Crippen LogP contribution in [-0.4, -0.2) is 28.7 Å². The number of carbonyl (C=O) groups excluding carboxylic acids is 1. The number of nitrogens with zero attached hydrogens (tertiary/aromatic N) is 1. The van der Waals surface area contributed by atoms with E-state index in [4.69, 9.17) is 4.74 Å². The third kappa shape index (κ3) is 2.87. The van der Waals surface area contributed by atoms with E-state index in [0.717, 1.165) is 17.7 Å². The Balaban J connectivity index is 1.59. The summed E-state index contributed by atoms with van der Waals surface area (Å²) in [5, 5.41) is 12.8. The lowest BCUT2D eigenvalue weighted by Gasteiger charge is -2.38. The highest BCUT2D eigenvalue weighted by atomic mass is 16.5. The zero-order chi connectivity index (χ0) is 16.5. The van der Waals surface area contributed by atoms with Crippen LogP contribution in [0.4, 0.5) is 0 Å². The molecule has 0 bridgehead atoms. The van der Waals surface area contributed by atoms with Crippen LogP contribution in [-0.2, 0) is 6.42 Å². The van der Waals surface area contributed by atoms with Gasteiger partial charge in [-0.15, -0.1) is 0 Å². The molecule has 1 aromatic heterocycles. The van der Waals surface area contributed by atoms with E-state index in [1.54, 1.807) is 24.4 Å². The molecule has 0 saturated heterocycles. The molecule has 1 amide bonds. The van der Waals surface area contributed by atoms with Gasteiger partial charge in [-0.3, -0.25) is 9.78 Å². The van der Waals surface area contributed by atoms with Crippen molar-refractivity contribution >= 4 is 5.91 Å². The normalized spacial score (nSPS) is 22.9. The summed E-state index contributed by atoms with van der Waals surface area (Å²) in [5.74, 6) is 0.994. The van der Waals surface area contributed by atoms with E-state index in [1.165, 1.54) is 5.56 Å². The van der Waals surface area contributed by atoms with Crippen LogP contribution < -0.4 is 10.1 Å². The molecule has 1 saturated carbocycles. The molecule has 0 radical (unpaired) electrons. The van der Waals surface area contributed by atoms with Crippen molar-refractivity contribution in [3.63, 3.8) is 0 Å².